The van der Waals surface area contributed by atoms with E-state index in [0.29, 0.717) is 22.8 Å². The number of benzene rings is 1. The van der Waals surface area contributed by atoms with E-state index in [2.05, 4.69) is 20.3 Å². The number of carbonyl (C=O) groups is 1. The van der Waals surface area contributed by atoms with Gasteiger partial charge in [0.2, 0.25) is 11.7 Å². The Morgan fingerprint density at radius 3 is 2.92 bits per heavy atom. The average molecular weight is 360 g/mol. The summed E-state index contributed by atoms with van der Waals surface area (Å²) >= 11 is 6.01. The largest absolute Gasteiger partial charge is 0.338 e. The van der Waals surface area contributed by atoms with E-state index in [-0.39, 0.29) is 12.5 Å². The minimum absolute atomic E-state index is 0.103. The third-order valence-corrected chi connectivity index (χ3v) is 5.61. The van der Waals surface area contributed by atoms with Gasteiger partial charge in [-0.15, -0.1) is 10.2 Å². The van der Waals surface area contributed by atoms with Gasteiger partial charge in [0.25, 0.3) is 0 Å². The smallest absolute Gasteiger partial charge is 0.246 e. The van der Waals surface area contributed by atoms with Gasteiger partial charge in [0, 0.05) is 23.2 Å². The number of amides is 1. The fraction of sp³-hybridized carbons (Fsp3) is 0.556. The van der Waals surface area contributed by atoms with Crippen molar-refractivity contribution in [2.45, 2.75) is 51.1 Å². The van der Waals surface area contributed by atoms with E-state index >= 15 is 0 Å². The Balaban J connectivity index is 1.46. The van der Waals surface area contributed by atoms with Crippen LogP contribution < -0.4 is 0 Å². The molecule has 0 radical (unpaired) electrons. The molecule has 0 spiro atoms. The first-order chi connectivity index (χ1) is 12.2. The lowest BCUT2D eigenvalue weighted by Gasteiger charge is -2.44. The van der Waals surface area contributed by atoms with Crippen molar-refractivity contribution in [2.75, 3.05) is 6.54 Å². The molecule has 1 saturated carbocycles. The van der Waals surface area contributed by atoms with Gasteiger partial charge >= 0.3 is 0 Å². The number of nitrogens with zero attached hydrogens (tertiary/aromatic N) is 5. The lowest BCUT2D eigenvalue weighted by atomic mass is 9.78. The van der Waals surface area contributed by atoms with Crippen molar-refractivity contribution in [3.63, 3.8) is 0 Å². The van der Waals surface area contributed by atoms with Crippen LogP contribution in [-0.2, 0) is 11.3 Å². The molecule has 2 atom stereocenters. The quantitative estimate of drug-likeness (QED) is 0.844. The summed E-state index contributed by atoms with van der Waals surface area (Å²) in [7, 11) is 0. The number of fused-ring (bicyclic) bond motifs is 1. The van der Waals surface area contributed by atoms with Crippen LogP contribution in [0.5, 0.6) is 0 Å². The van der Waals surface area contributed by atoms with Crippen LogP contribution in [0.1, 0.15) is 38.5 Å². The zero-order valence-corrected chi connectivity index (χ0v) is 14.9. The molecule has 2 heterocycles. The summed E-state index contributed by atoms with van der Waals surface area (Å²) in [4.78, 5) is 16.3. The first kappa shape index (κ1) is 16.5. The average Bonchev–Trinajstić information content (AvgIpc) is 3.10. The first-order valence-electron chi connectivity index (χ1n) is 9.04. The molecular weight excluding hydrogens is 338 g/mol. The minimum atomic E-state index is 0.103. The van der Waals surface area contributed by atoms with Crippen molar-refractivity contribution in [1.29, 1.82) is 0 Å². The van der Waals surface area contributed by atoms with E-state index in [1.165, 1.54) is 30.5 Å². The fourth-order valence-electron chi connectivity index (χ4n) is 4.20. The molecule has 1 saturated heterocycles. The summed E-state index contributed by atoms with van der Waals surface area (Å²) in [5, 5.41) is 13.1. The van der Waals surface area contributed by atoms with Crippen molar-refractivity contribution >= 4 is 17.5 Å². The van der Waals surface area contributed by atoms with E-state index in [9.17, 15) is 4.79 Å². The number of likely N-dealkylation sites (tertiary alicyclic amines) is 1. The van der Waals surface area contributed by atoms with Gasteiger partial charge in [0.05, 0.1) is 0 Å². The molecule has 7 heteroatoms. The zero-order valence-electron chi connectivity index (χ0n) is 14.1. The van der Waals surface area contributed by atoms with Gasteiger partial charge in [-0.05, 0) is 48.9 Å². The van der Waals surface area contributed by atoms with Crippen LogP contribution in [0.2, 0.25) is 5.02 Å². The molecule has 1 aromatic carbocycles. The molecule has 25 heavy (non-hydrogen) atoms. The van der Waals surface area contributed by atoms with Crippen molar-refractivity contribution in [2.24, 2.45) is 5.92 Å². The van der Waals surface area contributed by atoms with Crippen molar-refractivity contribution in [3.05, 3.63) is 29.3 Å². The maximum atomic E-state index is 12.8. The van der Waals surface area contributed by atoms with Crippen molar-refractivity contribution in [3.8, 4) is 11.4 Å². The Morgan fingerprint density at radius 2 is 2.04 bits per heavy atom. The lowest BCUT2D eigenvalue weighted by Crippen LogP contribution is -2.50. The number of hydrogen-bond donors (Lipinski definition) is 0. The van der Waals surface area contributed by atoms with E-state index in [1.54, 1.807) is 12.1 Å². The molecule has 132 valence electrons. The predicted molar refractivity (Wildman–Crippen MR) is 95.0 cm³/mol. The Kier molecular flexibility index (Phi) is 4.70. The van der Waals surface area contributed by atoms with Crippen molar-refractivity contribution < 1.29 is 4.79 Å². The lowest BCUT2D eigenvalue weighted by molar-refractivity contribution is -0.138. The number of tetrazole rings is 1. The van der Waals surface area contributed by atoms with Crippen LogP contribution in [0.15, 0.2) is 24.3 Å². The number of aromatic nitrogens is 4. The molecule has 2 aliphatic rings. The highest BCUT2D eigenvalue weighted by molar-refractivity contribution is 6.30. The standard InChI is InChI=1S/C18H22ClN5O/c19-15-8-3-6-14(11-15)18-20-22-24(21-18)12-17(25)23-10-4-7-13-5-1-2-9-16(13)23/h3,6,8,11,13,16H,1-2,4-5,7,9-10,12H2/t13-,16-/m1/s1. The van der Waals surface area contributed by atoms with Gasteiger partial charge in [-0.25, -0.2) is 0 Å². The Morgan fingerprint density at radius 1 is 1.20 bits per heavy atom. The Labute approximate surface area is 152 Å². The monoisotopic (exact) mass is 359 g/mol. The normalized spacial score (nSPS) is 23.3. The highest BCUT2D eigenvalue weighted by Gasteiger charge is 2.35. The zero-order chi connectivity index (χ0) is 17.2. The summed E-state index contributed by atoms with van der Waals surface area (Å²) in [6, 6.07) is 7.73. The highest BCUT2D eigenvalue weighted by atomic mass is 35.5. The SMILES string of the molecule is O=C(Cn1nnc(-c2cccc(Cl)c2)n1)N1CCC[C@H]2CCCC[C@H]21. The molecule has 4 rings (SSSR count). The number of halogens is 1. The minimum Gasteiger partial charge on any atom is -0.338 e. The summed E-state index contributed by atoms with van der Waals surface area (Å²) in [5.74, 6) is 1.27. The third kappa shape index (κ3) is 3.54. The van der Waals surface area contributed by atoms with Gasteiger partial charge in [-0.1, -0.05) is 36.6 Å². The third-order valence-electron chi connectivity index (χ3n) is 5.38. The predicted octanol–water partition coefficient (Wildman–Crippen LogP) is 3.17. The molecule has 2 fully saturated rings. The second kappa shape index (κ2) is 7.12. The van der Waals surface area contributed by atoms with Gasteiger partial charge in [-0.3, -0.25) is 4.79 Å². The number of carbonyl (C=O) groups excluding carboxylic acids is 1. The topological polar surface area (TPSA) is 63.9 Å². The van der Waals surface area contributed by atoms with Gasteiger partial charge < -0.3 is 4.90 Å². The van der Waals surface area contributed by atoms with Crippen LogP contribution in [0, 0.1) is 5.92 Å². The summed E-state index contributed by atoms with van der Waals surface area (Å²) in [6.45, 7) is 1.01. The van der Waals surface area contributed by atoms with Gasteiger partial charge in [0.1, 0.15) is 6.54 Å². The molecule has 0 unspecified atom stereocenters. The summed E-state index contributed by atoms with van der Waals surface area (Å²) in [6.07, 6.45) is 7.28. The van der Waals surface area contributed by atoms with Gasteiger partial charge in [-0.2, -0.15) is 4.80 Å². The molecule has 1 aliphatic carbocycles. The first-order valence-corrected chi connectivity index (χ1v) is 9.42. The number of hydrogen-bond acceptors (Lipinski definition) is 4. The molecule has 2 aromatic rings. The molecule has 6 nitrogen and oxygen atoms in total. The highest BCUT2D eigenvalue weighted by Crippen LogP contribution is 2.35. The van der Waals surface area contributed by atoms with E-state index in [1.807, 2.05) is 12.1 Å². The van der Waals surface area contributed by atoms with Crippen LogP contribution >= 0.6 is 11.6 Å². The molecule has 1 amide bonds. The molecule has 0 bridgehead atoms. The molecule has 1 aromatic heterocycles. The van der Waals surface area contributed by atoms with E-state index in [4.69, 9.17) is 11.6 Å². The second-order valence-electron chi connectivity index (χ2n) is 7.00. The van der Waals surface area contributed by atoms with Crippen LogP contribution in [0.25, 0.3) is 11.4 Å². The van der Waals surface area contributed by atoms with E-state index < -0.39 is 0 Å². The Hall–Kier alpha value is -1.95. The Bertz CT molecular complexity index is 759. The number of piperidine rings is 1. The maximum absolute atomic E-state index is 12.8. The second-order valence-corrected chi connectivity index (χ2v) is 7.43. The summed E-state index contributed by atoms with van der Waals surface area (Å²) in [5.41, 5.74) is 0.802. The van der Waals surface area contributed by atoms with Gasteiger partial charge in [0.15, 0.2) is 0 Å². The maximum Gasteiger partial charge on any atom is 0.246 e. The summed E-state index contributed by atoms with van der Waals surface area (Å²) < 4.78 is 0. The van der Waals surface area contributed by atoms with Crippen LogP contribution in [0.4, 0.5) is 0 Å². The fourth-order valence-corrected chi connectivity index (χ4v) is 4.39. The molecule has 1 aliphatic heterocycles. The van der Waals surface area contributed by atoms with Crippen LogP contribution in [0.3, 0.4) is 0 Å². The van der Waals surface area contributed by atoms with E-state index in [0.717, 1.165) is 24.9 Å². The number of rotatable bonds is 3. The molecular formula is C18H22ClN5O. The molecule has 0 N–H and O–H groups in total. The van der Waals surface area contributed by atoms with Crippen molar-refractivity contribution in [1.82, 2.24) is 25.1 Å². The van der Waals surface area contributed by atoms with Crippen LogP contribution in [-0.4, -0.2) is 43.6 Å².